The molecule has 3 heteroatoms. The fourth-order valence-electron chi connectivity index (χ4n) is 1.15. The van der Waals surface area contributed by atoms with Crippen LogP contribution in [-0.2, 0) is 0 Å². The lowest BCUT2D eigenvalue weighted by Crippen LogP contribution is -2.37. The Morgan fingerprint density at radius 3 is 2.15 bits per heavy atom. The molecule has 0 aromatic heterocycles. The third-order valence-electron chi connectivity index (χ3n) is 2.08. The Bertz CT molecular complexity index is 158. The second-order valence-electron chi connectivity index (χ2n) is 3.84. The van der Waals surface area contributed by atoms with Crippen LogP contribution in [-0.4, -0.2) is 49.6 Å². The predicted molar refractivity (Wildman–Crippen MR) is 55.5 cm³/mol. The summed E-state index contributed by atoms with van der Waals surface area (Å²) in [6, 6.07) is 2.72. The van der Waals surface area contributed by atoms with Crippen molar-refractivity contribution in [2.45, 2.75) is 26.3 Å². The maximum absolute atomic E-state index is 8.49. The van der Waals surface area contributed by atoms with Crippen LogP contribution < -0.4 is 0 Å². The summed E-state index contributed by atoms with van der Waals surface area (Å²) in [7, 11) is 4.14. The van der Waals surface area contributed by atoms with E-state index >= 15 is 0 Å². The van der Waals surface area contributed by atoms with E-state index in [-0.39, 0.29) is 0 Å². The molecule has 0 spiro atoms. The second kappa shape index (κ2) is 6.88. The molecule has 13 heavy (non-hydrogen) atoms. The molecule has 0 amide bonds. The fourth-order valence-corrected chi connectivity index (χ4v) is 1.15. The highest BCUT2D eigenvalue weighted by molar-refractivity contribution is 4.74. The number of hydrogen-bond donors (Lipinski definition) is 0. The molecule has 0 saturated carbocycles. The van der Waals surface area contributed by atoms with Crippen LogP contribution in [0.4, 0.5) is 0 Å². The van der Waals surface area contributed by atoms with E-state index in [0.29, 0.717) is 12.5 Å². The summed E-state index contributed by atoms with van der Waals surface area (Å²) in [5, 5.41) is 8.49. The fraction of sp³-hybridized carbons (Fsp3) is 0.900. The van der Waals surface area contributed by atoms with Crippen LogP contribution in [0.5, 0.6) is 0 Å². The third kappa shape index (κ3) is 6.56. The van der Waals surface area contributed by atoms with Crippen molar-refractivity contribution in [1.82, 2.24) is 9.80 Å². The number of hydrogen-bond acceptors (Lipinski definition) is 3. The molecule has 3 nitrogen and oxygen atoms in total. The van der Waals surface area contributed by atoms with Gasteiger partial charge in [-0.1, -0.05) is 0 Å². The van der Waals surface area contributed by atoms with Crippen LogP contribution in [0.15, 0.2) is 0 Å². The Kier molecular flexibility index (Phi) is 6.56. The zero-order chi connectivity index (χ0) is 10.3. The minimum Gasteiger partial charge on any atom is -0.308 e. The molecular formula is C10H21N3. The van der Waals surface area contributed by atoms with Gasteiger partial charge in [-0.25, -0.2) is 0 Å². The molecule has 0 atom stereocenters. The average Bonchev–Trinajstić information content (AvgIpc) is 2.03. The average molecular weight is 183 g/mol. The van der Waals surface area contributed by atoms with E-state index in [1.807, 2.05) is 0 Å². The molecule has 0 aliphatic heterocycles. The maximum Gasteiger partial charge on any atom is 0.0635 e. The zero-order valence-corrected chi connectivity index (χ0v) is 9.25. The predicted octanol–water partition coefficient (Wildman–Crippen LogP) is 1.17. The van der Waals surface area contributed by atoms with Gasteiger partial charge in [-0.3, -0.25) is 4.90 Å². The van der Waals surface area contributed by atoms with Crippen LogP contribution in [0.1, 0.15) is 20.3 Å². The standard InChI is InChI=1S/C10H21N3/c1-10(2)13(7-5-6-11)9-8-12(3)4/h10H,5,7-9H2,1-4H3. The summed E-state index contributed by atoms with van der Waals surface area (Å²) in [5.41, 5.74) is 0. The van der Waals surface area contributed by atoms with Crippen molar-refractivity contribution >= 4 is 0 Å². The van der Waals surface area contributed by atoms with Gasteiger partial charge >= 0.3 is 0 Å². The van der Waals surface area contributed by atoms with E-state index in [9.17, 15) is 0 Å². The first-order chi connectivity index (χ1) is 6.07. The molecule has 0 aliphatic carbocycles. The Morgan fingerprint density at radius 2 is 1.77 bits per heavy atom. The van der Waals surface area contributed by atoms with Crippen molar-refractivity contribution in [2.24, 2.45) is 0 Å². The molecule has 0 bridgehead atoms. The summed E-state index contributed by atoms with van der Waals surface area (Å²) in [4.78, 5) is 4.50. The second-order valence-corrected chi connectivity index (χ2v) is 3.84. The Balaban J connectivity index is 3.75. The van der Waals surface area contributed by atoms with Gasteiger partial charge in [-0.15, -0.1) is 0 Å². The van der Waals surface area contributed by atoms with Crippen molar-refractivity contribution in [1.29, 1.82) is 5.26 Å². The van der Waals surface area contributed by atoms with Crippen LogP contribution in [0.3, 0.4) is 0 Å². The Hall–Kier alpha value is -0.590. The minimum absolute atomic E-state index is 0.535. The van der Waals surface area contributed by atoms with Gasteiger partial charge in [-0.05, 0) is 27.9 Å². The van der Waals surface area contributed by atoms with Crippen molar-refractivity contribution in [3.8, 4) is 6.07 Å². The molecule has 0 radical (unpaired) electrons. The first-order valence-electron chi connectivity index (χ1n) is 4.83. The smallest absolute Gasteiger partial charge is 0.0635 e. The molecule has 0 fully saturated rings. The lowest BCUT2D eigenvalue weighted by Gasteiger charge is -2.26. The summed E-state index contributed by atoms with van der Waals surface area (Å²) < 4.78 is 0. The number of likely N-dealkylation sites (N-methyl/N-ethyl adjacent to an activating group) is 1. The zero-order valence-electron chi connectivity index (χ0n) is 9.25. The van der Waals surface area contributed by atoms with E-state index in [0.717, 1.165) is 19.6 Å². The first kappa shape index (κ1) is 12.4. The molecular weight excluding hydrogens is 162 g/mol. The van der Waals surface area contributed by atoms with Crippen LogP contribution in [0, 0.1) is 11.3 Å². The highest BCUT2D eigenvalue weighted by Crippen LogP contribution is 1.99. The van der Waals surface area contributed by atoms with Crippen molar-refractivity contribution in [3.63, 3.8) is 0 Å². The quantitative estimate of drug-likeness (QED) is 0.619. The van der Waals surface area contributed by atoms with Crippen LogP contribution >= 0.6 is 0 Å². The topological polar surface area (TPSA) is 30.3 Å². The number of rotatable bonds is 6. The van der Waals surface area contributed by atoms with Crippen molar-refractivity contribution in [2.75, 3.05) is 33.7 Å². The van der Waals surface area contributed by atoms with Gasteiger partial charge in [0, 0.05) is 32.1 Å². The molecule has 0 rings (SSSR count). The van der Waals surface area contributed by atoms with E-state index in [4.69, 9.17) is 5.26 Å². The number of nitriles is 1. The third-order valence-corrected chi connectivity index (χ3v) is 2.08. The lowest BCUT2D eigenvalue weighted by molar-refractivity contribution is 0.203. The van der Waals surface area contributed by atoms with Crippen molar-refractivity contribution < 1.29 is 0 Å². The van der Waals surface area contributed by atoms with Gasteiger partial charge in [0.25, 0.3) is 0 Å². The van der Waals surface area contributed by atoms with Gasteiger partial charge < -0.3 is 4.90 Å². The van der Waals surface area contributed by atoms with E-state index in [1.54, 1.807) is 0 Å². The van der Waals surface area contributed by atoms with E-state index < -0.39 is 0 Å². The highest BCUT2D eigenvalue weighted by atomic mass is 15.2. The highest BCUT2D eigenvalue weighted by Gasteiger charge is 2.08. The molecule has 0 aromatic rings. The summed E-state index contributed by atoms with van der Waals surface area (Å²) in [6.07, 6.45) is 0.631. The van der Waals surface area contributed by atoms with Gasteiger partial charge in [0.05, 0.1) is 6.07 Å². The summed E-state index contributed by atoms with van der Waals surface area (Å²) in [6.45, 7) is 7.35. The Labute approximate surface area is 81.9 Å². The van der Waals surface area contributed by atoms with Crippen molar-refractivity contribution in [3.05, 3.63) is 0 Å². The largest absolute Gasteiger partial charge is 0.308 e. The summed E-state index contributed by atoms with van der Waals surface area (Å²) >= 11 is 0. The molecule has 0 heterocycles. The molecule has 0 N–H and O–H groups in total. The number of nitrogens with zero attached hydrogens (tertiary/aromatic N) is 3. The van der Waals surface area contributed by atoms with Gasteiger partial charge in [0.15, 0.2) is 0 Å². The van der Waals surface area contributed by atoms with E-state index in [2.05, 4.69) is 43.8 Å². The van der Waals surface area contributed by atoms with Crippen LogP contribution in [0.25, 0.3) is 0 Å². The van der Waals surface area contributed by atoms with Gasteiger partial charge in [0.2, 0.25) is 0 Å². The van der Waals surface area contributed by atoms with Gasteiger partial charge in [0.1, 0.15) is 0 Å². The lowest BCUT2D eigenvalue weighted by atomic mass is 10.3. The molecule has 0 saturated heterocycles. The minimum atomic E-state index is 0.535. The summed E-state index contributed by atoms with van der Waals surface area (Å²) in [5.74, 6) is 0. The monoisotopic (exact) mass is 183 g/mol. The van der Waals surface area contributed by atoms with Crippen LogP contribution in [0.2, 0.25) is 0 Å². The SMILES string of the molecule is CC(C)N(CCC#N)CCN(C)C. The first-order valence-corrected chi connectivity index (χ1v) is 4.83. The normalized spacial score (nSPS) is 11.2. The van der Waals surface area contributed by atoms with E-state index in [1.165, 1.54) is 0 Å². The molecule has 76 valence electrons. The molecule has 0 aromatic carbocycles. The van der Waals surface area contributed by atoms with Gasteiger partial charge in [-0.2, -0.15) is 5.26 Å². The molecule has 0 unspecified atom stereocenters. The maximum atomic E-state index is 8.49. The molecule has 0 aliphatic rings. The Morgan fingerprint density at radius 1 is 1.15 bits per heavy atom.